The molecule has 1 heterocycles. The number of likely N-dealkylation sites (N-methyl/N-ethyl adjacent to an activating group) is 1. The van der Waals surface area contributed by atoms with Crippen LogP contribution < -0.4 is 10.6 Å². The molecular weight excluding hydrogens is 410 g/mol. The topological polar surface area (TPSA) is 64.7 Å². The molecule has 0 aliphatic carbocycles. The second kappa shape index (κ2) is 10.4. The molecule has 0 atom stereocenters. The molecule has 1 saturated heterocycles. The molecule has 0 radical (unpaired) electrons. The van der Waals surface area contributed by atoms with E-state index >= 15 is 0 Å². The molecule has 0 spiro atoms. The van der Waals surface area contributed by atoms with Crippen molar-refractivity contribution in [2.75, 3.05) is 51.6 Å². The van der Waals surface area contributed by atoms with Gasteiger partial charge in [0.1, 0.15) is 0 Å². The predicted octanol–water partition coefficient (Wildman–Crippen LogP) is 2.37. The van der Waals surface area contributed by atoms with Crippen molar-refractivity contribution in [1.82, 2.24) is 15.1 Å². The number of anilines is 1. The van der Waals surface area contributed by atoms with Gasteiger partial charge >= 0.3 is 0 Å². The molecule has 2 amide bonds. The molecule has 1 fully saturated rings. The smallest absolute Gasteiger partial charge is 0.238 e. The van der Waals surface area contributed by atoms with Gasteiger partial charge in [0.25, 0.3) is 0 Å². The molecule has 1 aromatic carbocycles. The molecule has 2 rings (SSSR count). The first-order valence-corrected chi connectivity index (χ1v) is 8.61. The number of hydrogen-bond donors (Lipinski definition) is 2. The van der Waals surface area contributed by atoms with Crippen LogP contribution in [-0.2, 0) is 9.59 Å². The number of nitrogens with zero attached hydrogens (tertiary/aromatic N) is 2. The van der Waals surface area contributed by atoms with Gasteiger partial charge in [-0.15, -0.1) is 12.4 Å². The Bertz CT molecular complexity index is 601. The molecule has 0 bridgehead atoms. The fourth-order valence-electron chi connectivity index (χ4n) is 2.39. The van der Waals surface area contributed by atoms with Crippen LogP contribution in [0, 0.1) is 0 Å². The van der Waals surface area contributed by atoms with E-state index < -0.39 is 0 Å². The van der Waals surface area contributed by atoms with Crippen LogP contribution >= 0.6 is 47.2 Å². The van der Waals surface area contributed by atoms with Crippen molar-refractivity contribution >= 4 is 64.7 Å². The highest BCUT2D eigenvalue weighted by molar-refractivity contribution is 6.42. The minimum atomic E-state index is -0.309. The van der Waals surface area contributed by atoms with Gasteiger partial charge in [-0.1, -0.05) is 34.8 Å². The summed E-state index contributed by atoms with van der Waals surface area (Å²) in [4.78, 5) is 27.7. The van der Waals surface area contributed by atoms with Crippen LogP contribution in [0.2, 0.25) is 15.1 Å². The summed E-state index contributed by atoms with van der Waals surface area (Å²) in [6.45, 7) is 3.19. The SMILES string of the molecule is CN(CC(=O)Nc1c(Cl)cc(Cl)cc1Cl)CC(=O)N1CCNCC1.Cl. The maximum Gasteiger partial charge on any atom is 0.238 e. The van der Waals surface area contributed by atoms with Crippen LogP contribution in [0.4, 0.5) is 5.69 Å². The minimum Gasteiger partial charge on any atom is -0.339 e. The quantitative estimate of drug-likeness (QED) is 0.754. The Morgan fingerprint density at radius 2 is 1.72 bits per heavy atom. The molecule has 6 nitrogen and oxygen atoms in total. The fourth-order valence-corrected chi connectivity index (χ4v) is 3.30. The van der Waals surface area contributed by atoms with Gasteiger partial charge in [0.15, 0.2) is 0 Å². The Labute approximate surface area is 168 Å². The lowest BCUT2D eigenvalue weighted by Crippen LogP contribution is -2.49. The van der Waals surface area contributed by atoms with Gasteiger partial charge < -0.3 is 15.5 Å². The minimum absolute atomic E-state index is 0. The van der Waals surface area contributed by atoms with E-state index in [0.717, 1.165) is 13.1 Å². The summed E-state index contributed by atoms with van der Waals surface area (Å²) in [6, 6.07) is 3.00. The van der Waals surface area contributed by atoms with E-state index in [4.69, 9.17) is 34.8 Å². The lowest BCUT2D eigenvalue weighted by Gasteiger charge is -2.29. The number of amides is 2. The average molecular weight is 430 g/mol. The molecule has 25 heavy (non-hydrogen) atoms. The zero-order valence-electron chi connectivity index (χ0n) is 13.7. The summed E-state index contributed by atoms with van der Waals surface area (Å²) in [7, 11) is 1.71. The highest BCUT2D eigenvalue weighted by Gasteiger charge is 2.19. The molecule has 0 aromatic heterocycles. The van der Waals surface area contributed by atoms with Crippen molar-refractivity contribution in [1.29, 1.82) is 0 Å². The number of rotatable bonds is 5. The van der Waals surface area contributed by atoms with Gasteiger partial charge in [-0.2, -0.15) is 0 Å². The highest BCUT2D eigenvalue weighted by Crippen LogP contribution is 2.33. The molecule has 1 aliphatic rings. The van der Waals surface area contributed by atoms with Gasteiger partial charge in [0.2, 0.25) is 11.8 Å². The molecular formula is C15H20Cl4N4O2. The van der Waals surface area contributed by atoms with E-state index in [-0.39, 0.29) is 47.4 Å². The maximum absolute atomic E-state index is 12.2. The van der Waals surface area contributed by atoms with Crippen molar-refractivity contribution < 1.29 is 9.59 Å². The van der Waals surface area contributed by atoms with Crippen molar-refractivity contribution in [2.45, 2.75) is 0 Å². The molecule has 2 N–H and O–H groups in total. The maximum atomic E-state index is 12.2. The van der Waals surface area contributed by atoms with Crippen LogP contribution in [0.3, 0.4) is 0 Å². The van der Waals surface area contributed by atoms with Crippen LogP contribution in [0.15, 0.2) is 12.1 Å². The van der Waals surface area contributed by atoms with Crippen LogP contribution in [-0.4, -0.2) is 67.9 Å². The largest absolute Gasteiger partial charge is 0.339 e. The summed E-state index contributed by atoms with van der Waals surface area (Å²) in [5.41, 5.74) is 0.314. The normalized spacial score (nSPS) is 14.2. The Kier molecular flexibility index (Phi) is 9.27. The number of carbonyl (C=O) groups excluding carboxylic acids is 2. The van der Waals surface area contributed by atoms with Gasteiger partial charge in [-0.25, -0.2) is 0 Å². The third kappa shape index (κ3) is 6.81. The van der Waals surface area contributed by atoms with E-state index in [0.29, 0.717) is 23.8 Å². The standard InChI is InChI=1S/C15H19Cl3N4O2.ClH/c1-21(9-14(24)22-4-2-19-3-5-22)8-13(23)20-15-11(17)6-10(16)7-12(15)18;/h6-7,19H,2-5,8-9H2,1H3,(H,20,23);1H. The summed E-state index contributed by atoms with van der Waals surface area (Å²) in [5.74, 6) is -0.300. The number of nitrogens with one attached hydrogen (secondary N) is 2. The zero-order valence-corrected chi connectivity index (χ0v) is 16.7. The summed E-state index contributed by atoms with van der Waals surface area (Å²) >= 11 is 17.9. The third-order valence-electron chi connectivity index (χ3n) is 3.56. The van der Waals surface area contributed by atoms with Crippen LogP contribution in [0.1, 0.15) is 0 Å². The van der Waals surface area contributed by atoms with Crippen molar-refractivity contribution in [3.8, 4) is 0 Å². The third-order valence-corrected chi connectivity index (χ3v) is 4.37. The van der Waals surface area contributed by atoms with Crippen molar-refractivity contribution in [2.24, 2.45) is 0 Å². The average Bonchev–Trinajstić information content (AvgIpc) is 2.51. The predicted molar refractivity (Wildman–Crippen MR) is 104 cm³/mol. The van der Waals surface area contributed by atoms with Gasteiger partial charge in [-0.05, 0) is 19.2 Å². The van der Waals surface area contributed by atoms with E-state index in [9.17, 15) is 9.59 Å². The second-order valence-electron chi connectivity index (χ2n) is 5.60. The van der Waals surface area contributed by atoms with Crippen LogP contribution in [0.25, 0.3) is 0 Å². The van der Waals surface area contributed by atoms with E-state index in [1.165, 1.54) is 12.1 Å². The fraction of sp³-hybridized carbons (Fsp3) is 0.467. The van der Waals surface area contributed by atoms with E-state index in [2.05, 4.69) is 10.6 Å². The number of halogens is 4. The van der Waals surface area contributed by atoms with Gasteiger partial charge in [0, 0.05) is 31.2 Å². The molecule has 140 valence electrons. The lowest BCUT2D eigenvalue weighted by molar-refractivity contribution is -0.133. The Hall–Kier alpha value is -0.760. The highest BCUT2D eigenvalue weighted by atomic mass is 35.5. The summed E-state index contributed by atoms with van der Waals surface area (Å²) < 4.78 is 0. The second-order valence-corrected chi connectivity index (χ2v) is 6.85. The van der Waals surface area contributed by atoms with E-state index in [1.54, 1.807) is 16.8 Å². The zero-order chi connectivity index (χ0) is 17.7. The monoisotopic (exact) mass is 428 g/mol. The Morgan fingerprint density at radius 3 is 2.28 bits per heavy atom. The number of hydrogen-bond acceptors (Lipinski definition) is 4. The summed E-state index contributed by atoms with van der Waals surface area (Å²) in [6.07, 6.45) is 0. The first kappa shape index (κ1) is 22.3. The lowest BCUT2D eigenvalue weighted by atomic mass is 10.3. The molecule has 10 heteroatoms. The summed E-state index contributed by atoms with van der Waals surface area (Å²) in [5, 5.41) is 6.76. The Balaban J connectivity index is 0.00000312. The van der Waals surface area contributed by atoms with Gasteiger partial charge in [0.05, 0.1) is 28.8 Å². The molecule has 1 aromatic rings. The van der Waals surface area contributed by atoms with Crippen LogP contribution in [0.5, 0.6) is 0 Å². The van der Waals surface area contributed by atoms with E-state index in [1.807, 2.05) is 0 Å². The van der Waals surface area contributed by atoms with Crippen molar-refractivity contribution in [3.63, 3.8) is 0 Å². The number of piperazine rings is 1. The Morgan fingerprint density at radius 1 is 1.16 bits per heavy atom. The molecule has 0 unspecified atom stereocenters. The molecule has 1 aliphatic heterocycles. The van der Waals surface area contributed by atoms with Crippen molar-refractivity contribution in [3.05, 3.63) is 27.2 Å². The molecule has 0 saturated carbocycles. The first-order chi connectivity index (χ1) is 11.4. The first-order valence-electron chi connectivity index (χ1n) is 7.48. The number of carbonyl (C=O) groups is 2. The van der Waals surface area contributed by atoms with Gasteiger partial charge in [-0.3, -0.25) is 14.5 Å². The number of benzene rings is 1.